The lowest BCUT2D eigenvalue weighted by Gasteiger charge is -2.13. The van der Waals surface area contributed by atoms with E-state index >= 15 is 0 Å². The van der Waals surface area contributed by atoms with E-state index in [0.29, 0.717) is 0 Å². The molecule has 0 aromatic heterocycles. The standard InChI is InChI=1S/C9H13O4/c1-3-4-5-7(9(12)13)6(2)8(10)11/h3-4,6-7H,2,5H2,1H3,(H,10,11)(H,12,13). The van der Waals surface area contributed by atoms with Gasteiger partial charge in [0.25, 0.3) is 0 Å². The highest BCUT2D eigenvalue weighted by atomic mass is 16.4. The van der Waals surface area contributed by atoms with Crippen molar-refractivity contribution in [1.82, 2.24) is 0 Å². The van der Waals surface area contributed by atoms with Crippen molar-refractivity contribution in [1.29, 1.82) is 0 Å². The van der Waals surface area contributed by atoms with E-state index < -0.39 is 23.8 Å². The summed E-state index contributed by atoms with van der Waals surface area (Å²) in [5.41, 5.74) is 0. The summed E-state index contributed by atoms with van der Waals surface area (Å²) in [6.45, 7) is 5.05. The van der Waals surface area contributed by atoms with Crippen LogP contribution in [0.15, 0.2) is 12.2 Å². The predicted molar refractivity (Wildman–Crippen MR) is 47.0 cm³/mol. The van der Waals surface area contributed by atoms with Crippen LogP contribution in [0.25, 0.3) is 0 Å². The quantitative estimate of drug-likeness (QED) is 0.631. The molecule has 0 saturated carbocycles. The van der Waals surface area contributed by atoms with Gasteiger partial charge in [-0.25, -0.2) is 0 Å². The van der Waals surface area contributed by atoms with E-state index in [1.807, 2.05) is 0 Å². The summed E-state index contributed by atoms with van der Waals surface area (Å²) in [5, 5.41) is 17.2. The van der Waals surface area contributed by atoms with E-state index in [1.165, 1.54) is 0 Å². The number of allylic oxidation sites excluding steroid dienone is 2. The molecule has 2 N–H and O–H groups in total. The van der Waals surface area contributed by atoms with Crippen molar-refractivity contribution >= 4 is 11.9 Å². The minimum absolute atomic E-state index is 0.201. The first-order chi connectivity index (χ1) is 6.00. The van der Waals surface area contributed by atoms with Crippen molar-refractivity contribution in [2.24, 2.45) is 11.8 Å². The van der Waals surface area contributed by atoms with Crippen LogP contribution < -0.4 is 0 Å². The monoisotopic (exact) mass is 185 g/mol. The molecule has 0 aliphatic rings. The topological polar surface area (TPSA) is 74.6 Å². The third-order valence-electron chi connectivity index (χ3n) is 1.75. The highest BCUT2D eigenvalue weighted by molar-refractivity contribution is 5.80. The summed E-state index contributed by atoms with van der Waals surface area (Å²) < 4.78 is 0. The third-order valence-corrected chi connectivity index (χ3v) is 1.75. The summed E-state index contributed by atoms with van der Waals surface area (Å²) in [4.78, 5) is 21.1. The molecule has 4 heteroatoms. The van der Waals surface area contributed by atoms with Crippen molar-refractivity contribution in [3.05, 3.63) is 19.1 Å². The minimum atomic E-state index is -1.18. The molecule has 0 rings (SSSR count). The molecule has 0 aromatic carbocycles. The average Bonchev–Trinajstić information content (AvgIpc) is 2.04. The van der Waals surface area contributed by atoms with Crippen LogP contribution >= 0.6 is 0 Å². The molecule has 0 aliphatic carbocycles. The normalized spacial score (nSPS) is 15.5. The van der Waals surface area contributed by atoms with Crippen LogP contribution in [0.5, 0.6) is 0 Å². The fourth-order valence-electron chi connectivity index (χ4n) is 0.892. The number of rotatable bonds is 5. The largest absolute Gasteiger partial charge is 0.481 e. The molecular formula is C9H13O4. The average molecular weight is 185 g/mol. The van der Waals surface area contributed by atoms with Crippen LogP contribution in [0.4, 0.5) is 0 Å². The highest BCUT2D eigenvalue weighted by Crippen LogP contribution is 2.16. The molecule has 0 aliphatic heterocycles. The summed E-state index contributed by atoms with van der Waals surface area (Å²) in [6.07, 6.45) is 3.51. The fourth-order valence-corrected chi connectivity index (χ4v) is 0.892. The Morgan fingerprint density at radius 1 is 1.38 bits per heavy atom. The minimum Gasteiger partial charge on any atom is -0.481 e. The Balaban J connectivity index is 4.41. The van der Waals surface area contributed by atoms with E-state index in [-0.39, 0.29) is 6.42 Å². The van der Waals surface area contributed by atoms with Crippen LogP contribution in [0, 0.1) is 18.8 Å². The highest BCUT2D eigenvalue weighted by Gasteiger charge is 2.28. The lowest BCUT2D eigenvalue weighted by Crippen LogP contribution is -2.27. The first-order valence-electron chi connectivity index (χ1n) is 3.90. The molecule has 0 aromatic rings. The van der Waals surface area contributed by atoms with Gasteiger partial charge >= 0.3 is 11.9 Å². The Morgan fingerprint density at radius 3 is 2.23 bits per heavy atom. The number of carbonyl (C=O) groups is 2. The maximum atomic E-state index is 10.6. The Bertz CT molecular complexity index is 220. The van der Waals surface area contributed by atoms with Crippen LogP contribution in [-0.4, -0.2) is 22.2 Å². The van der Waals surface area contributed by atoms with Crippen molar-refractivity contribution in [3.63, 3.8) is 0 Å². The van der Waals surface area contributed by atoms with Gasteiger partial charge in [0.2, 0.25) is 0 Å². The molecule has 0 fully saturated rings. The van der Waals surface area contributed by atoms with Gasteiger partial charge in [-0.2, -0.15) is 0 Å². The van der Waals surface area contributed by atoms with Gasteiger partial charge in [0.15, 0.2) is 0 Å². The van der Waals surface area contributed by atoms with Gasteiger partial charge in [-0.15, -0.1) is 0 Å². The lowest BCUT2D eigenvalue weighted by atomic mass is 9.91. The van der Waals surface area contributed by atoms with E-state index in [4.69, 9.17) is 10.2 Å². The Hall–Kier alpha value is -1.32. The molecule has 2 atom stereocenters. The fraction of sp³-hybridized carbons (Fsp3) is 0.444. The van der Waals surface area contributed by atoms with Gasteiger partial charge in [0, 0.05) is 0 Å². The van der Waals surface area contributed by atoms with E-state index in [9.17, 15) is 9.59 Å². The van der Waals surface area contributed by atoms with Crippen LogP contribution in [0.1, 0.15) is 13.3 Å². The molecule has 1 radical (unpaired) electrons. The SMILES string of the molecule is [CH2]C(C(=O)O)C(CC=CC)C(=O)O. The van der Waals surface area contributed by atoms with Crippen molar-refractivity contribution in [2.75, 3.05) is 0 Å². The van der Waals surface area contributed by atoms with Gasteiger partial charge < -0.3 is 10.2 Å². The van der Waals surface area contributed by atoms with Crippen molar-refractivity contribution in [3.8, 4) is 0 Å². The third kappa shape index (κ3) is 3.73. The maximum absolute atomic E-state index is 10.6. The second-order valence-electron chi connectivity index (χ2n) is 2.69. The second-order valence-corrected chi connectivity index (χ2v) is 2.69. The first kappa shape index (κ1) is 11.7. The molecule has 2 unspecified atom stereocenters. The number of aliphatic carboxylic acids is 2. The second kappa shape index (κ2) is 5.35. The smallest absolute Gasteiger partial charge is 0.307 e. The maximum Gasteiger partial charge on any atom is 0.307 e. The molecule has 0 saturated heterocycles. The van der Waals surface area contributed by atoms with Crippen LogP contribution in [0.3, 0.4) is 0 Å². The summed E-state index contributed by atoms with van der Waals surface area (Å²) in [5.74, 6) is -4.36. The molecule has 73 valence electrons. The number of carboxylic acid groups (broad SMARTS) is 2. The van der Waals surface area contributed by atoms with Crippen LogP contribution in [-0.2, 0) is 9.59 Å². The molecular weight excluding hydrogens is 172 g/mol. The van der Waals surface area contributed by atoms with Crippen molar-refractivity contribution in [2.45, 2.75) is 13.3 Å². The first-order valence-corrected chi connectivity index (χ1v) is 3.90. The molecule has 4 nitrogen and oxygen atoms in total. The summed E-state index contributed by atoms with van der Waals surface area (Å²) in [7, 11) is 0. The van der Waals surface area contributed by atoms with Gasteiger partial charge in [0.05, 0.1) is 11.8 Å². The van der Waals surface area contributed by atoms with Crippen LogP contribution in [0.2, 0.25) is 0 Å². The predicted octanol–water partition coefficient (Wildman–Crippen LogP) is 1.19. The molecule has 13 heavy (non-hydrogen) atoms. The zero-order chi connectivity index (χ0) is 10.4. The van der Waals surface area contributed by atoms with Crippen molar-refractivity contribution < 1.29 is 19.8 Å². The van der Waals surface area contributed by atoms with Gasteiger partial charge in [-0.05, 0) is 20.3 Å². The Labute approximate surface area is 76.9 Å². The van der Waals surface area contributed by atoms with E-state index in [0.717, 1.165) is 0 Å². The van der Waals surface area contributed by atoms with Gasteiger partial charge in [-0.3, -0.25) is 9.59 Å². The molecule has 0 heterocycles. The molecule has 0 bridgehead atoms. The summed E-state index contributed by atoms with van der Waals surface area (Å²) >= 11 is 0. The van der Waals surface area contributed by atoms with Gasteiger partial charge in [0.1, 0.15) is 0 Å². The summed E-state index contributed by atoms with van der Waals surface area (Å²) in [6, 6.07) is 0. The zero-order valence-corrected chi connectivity index (χ0v) is 7.43. The Kier molecular flexibility index (Phi) is 4.80. The molecule has 0 spiro atoms. The van der Waals surface area contributed by atoms with Gasteiger partial charge in [-0.1, -0.05) is 12.2 Å². The van der Waals surface area contributed by atoms with E-state index in [2.05, 4.69) is 6.92 Å². The zero-order valence-electron chi connectivity index (χ0n) is 7.43. The van der Waals surface area contributed by atoms with E-state index in [1.54, 1.807) is 19.1 Å². The molecule has 0 amide bonds. The Morgan fingerprint density at radius 2 is 1.92 bits per heavy atom. The lowest BCUT2D eigenvalue weighted by molar-refractivity contribution is -0.151. The number of hydrogen-bond donors (Lipinski definition) is 2. The number of hydrogen-bond acceptors (Lipinski definition) is 2. The number of carboxylic acids is 2.